The highest BCUT2D eigenvalue weighted by atomic mass is 16.6. The molecule has 3 heterocycles. The summed E-state index contributed by atoms with van der Waals surface area (Å²) in [6.45, 7) is 5.96. The fraction of sp³-hybridized carbons (Fsp3) is 0.276. The van der Waals surface area contributed by atoms with Crippen LogP contribution in [0.2, 0.25) is 0 Å². The average molecular weight is 507 g/mol. The number of nitrogens with zero attached hydrogens (tertiary/aromatic N) is 5. The first-order valence-corrected chi connectivity index (χ1v) is 12.5. The number of nitrogens with one attached hydrogen (secondary N) is 1. The lowest BCUT2D eigenvalue weighted by atomic mass is 10.1. The Morgan fingerprint density at radius 1 is 1.08 bits per heavy atom. The molecule has 0 radical (unpaired) electrons. The minimum Gasteiger partial charge on any atom is -0.455 e. The number of fused-ring (bicyclic) bond motifs is 2. The third-order valence-corrected chi connectivity index (χ3v) is 7.25. The molecule has 1 N–H and O–H groups in total. The predicted octanol–water partition coefficient (Wildman–Crippen LogP) is 5.24. The number of anilines is 2. The predicted molar refractivity (Wildman–Crippen MR) is 145 cm³/mol. The van der Waals surface area contributed by atoms with Crippen LogP contribution < -0.4 is 10.1 Å². The van der Waals surface area contributed by atoms with Gasteiger partial charge in [-0.05, 0) is 74.7 Å². The van der Waals surface area contributed by atoms with E-state index in [0.717, 1.165) is 30.0 Å². The van der Waals surface area contributed by atoms with Gasteiger partial charge in [0.25, 0.3) is 5.69 Å². The highest BCUT2D eigenvalue weighted by Gasteiger charge is 2.54. The van der Waals surface area contributed by atoms with Crippen LogP contribution in [0.25, 0.3) is 10.9 Å². The number of aryl methyl sites for hydroxylation is 2. The Morgan fingerprint density at radius 2 is 1.89 bits per heavy atom. The van der Waals surface area contributed by atoms with Crippen LogP contribution in [-0.4, -0.2) is 44.9 Å². The molecule has 1 saturated heterocycles. The van der Waals surface area contributed by atoms with E-state index in [-0.39, 0.29) is 5.69 Å². The topological polar surface area (TPSA) is 106 Å². The van der Waals surface area contributed by atoms with Crippen LogP contribution in [0.4, 0.5) is 17.2 Å². The van der Waals surface area contributed by atoms with Crippen molar-refractivity contribution >= 4 is 28.1 Å². The van der Waals surface area contributed by atoms with Crippen molar-refractivity contribution in [1.82, 2.24) is 19.9 Å². The molecule has 190 valence electrons. The highest BCUT2D eigenvalue weighted by molar-refractivity contribution is 5.93. The summed E-state index contributed by atoms with van der Waals surface area (Å²) in [7, 11) is 2.11. The summed E-state index contributed by atoms with van der Waals surface area (Å²) in [5.74, 6) is 9.70. The van der Waals surface area contributed by atoms with E-state index >= 15 is 0 Å². The number of pyridine rings is 1. The van der Waals surface area contributed by atoms with Crippen molar-refractivity contribution in [3.63, 3.8) is 0 Å². The van der Waals surface area contributed by atoms with Crippen LogP contribution in [0.1, 0.15) is 16.8 Å². The summed E-state index contributed by atoms with van der Waals surface area (Å²) in [6, 6.07) is 12.6. The minimum absolute atomic E-state index is 0.0441. The molecule has 9 nitrogen and oxygen atoms in total. The van der Waals surface area contributed by atoms with Gasteiger partial charge in [-0.2, -0.15) is 0 Å². The number of ether oxygens (including phenoxy) is 1. The van der Waals surface area contributed by atoms with E-state index in [1.54, 1.807) is 12.3 Å². The molecule has 9 heteroatoms. The molecular formula is C29H26N6O3. The van der Waals surface area contributed by atoms with Gasteiger partial charge in [0, 0.05) is 41.8 Å². The molecule has 1 saturated carbocycles. The summed E-state index contributed by atoms with van der Waals surface area (Å²) in [6.07, 6.45) is 3.14. The average Bonchev–Trinajstić information content (AvgIpc) is 3.36. The molecule has 0 bridgehead atoms. The molecular weight excluding hydrogens is 480 g/mol. The number of aromatic nitrogens is 3. The number of rotatable bonds is 5. The van der Waals surface area contributed by atoms with Crippen molar-refractivity contribution in [2.75, 3.05) is 25.5 Å². The van der Waals surface area contributed by atoms with Crippen molar-refractivity contribution < 1.29 is 9.66 Å². The first kappa shape index (κ1) is 23.8. The van der Waals surface area contributed by atoms with Crippen molar-refractivity contribution in [2.24, 2.45) is 17.8 Å². The number of hydrogen-bond donors (Lipinski definition) is 1. The third kappa shape index (κ3) is 4.62. The molecule has 3 atom stereocenters. The van der Waals surface area contributed by atoms with E-state index in [0.29, 0.717) is 51.5 Å². The Balaban J connectivity index is 1.26. The molecule has 0 amide bonds. The Kier molecular flexibility index (Phi) is 5.89. The van der Waals surface area contributed by atoms with Gasteiger partial charge in [0.2, 0.25) is 0 Å². The lowest BCUT2D eigenvalue weighted by Gasteiger charge is -2.12. The Morgan fingerprint density at radius 3 is 2.61 bits per heavy atom. The van der Waals surface area contributed by atoms with Gasteiger partial charge in [-0.3, -0.25) is 15.1 Å². The standard InChI is InChI=1S/C29H26N6O3/c1-17-10-20(6-9-28(17)38-21-7-4-18(2)30-13-21)33-29-23-12-27(35(36)37)19(11-26(23)31-16-32-29)5-8-22-24-14-34(3)15-25(22)24/h4,6-7,9-13,16,22,24-25H,14-15H2,1-3H3,(H,31,32,33)/t22?,24-,25+. The molecule has 1 unspecified atom stereocenters. The van der Waals surface area contributed by atoms with Crippen molar-refractivity contribution in [2.45, 2.75) is 13.8 Å². The largest absolute Gasteiger partial charge is 0.455 e. The Bertz CT molecular complexity index is 1610. The smallest absolute Gasteiger partial charge is 0.285 e. The summed E-state index contributed by atoms with van der Waals surface area (Å²) in [5.41, 5.74) is 3.54. The molecule has 1 aliphatic carbocycles. The lowest BCUT2D eigenvalue weighted by molar-refractivity contribution is -0.385. The highest BCUT2D eigenvalue weighted by Crippen LogP contribution is 2.50. The monoisotopic (exact) mass is 506 g/mol. The maximum Gasteiger partial charge on any atom is 0.285 e. The van der Waals surface area contributed by atoms with E-state index in [1.807, 2.05) is 44.2 Å². The minimum atomic E-state index is -0.391. The van der Waals surface area contributed by atoms with E-state index in [2.05, 4.69) is 44.1 Å². The van der Waals surface area contributed by atoms with Crippen molar-refractivity contribution in [3.05, 3.63) is 81.9 Å². The molecule has 2 aromatic carbocycles. The number of likely N-dealkylation sites (tertiary alicyclic amines) is 1. The molecule has 38 heavy (non-hydrogen) atoms. The molecule has 2 aromatic heterocycles. The summed E-state index contributed by atoms with van der Waals surface area (Å²) < 4.78 is 5.96. The zero-order valence-electron chi connectivity index (χ0n) is 21.3. The Labute approximate surface area is 220 Å². The van der Waals surface area contributed by atoms with Crippen LogP contribution in [0.15, 0.2) is 55.0 Å². The fourth-order valence-corrected chi connectivity index (χ4v) is 5.17. The van der Waals surface area contributed by atoms with E-state index in [1.165, 1.54) is 12.4 Å². The molecule has 0 spiro atoms. The molecule has 4 aromatic rings. The quantitative estimate of drug-likeness (QED) is 0.222. The zero-order valence-corrected chi connectivity index (χ0v) is 21.3. The number of benzene rings is 2. The van der Waals surface area contributed by atoms with Gasteiger partial charge in [-0.1, -0.05) is 11.8 Å². The molecule has 1 aliphatic heterocycles. The fourth-order valence-electron chi connectivity index (χ4n) is 5.17. The van der Waals surface area contributed by atoms with E-state index in [4.69, 9.17) is 4.74 Å². The van der Waals surface area contributed by atoms with Gasteiger partial charge in [0.1, 0.15) is 29.2 Å². The van der Waals surface area contributed by atoms with Gasteiger partial charge in [0.15, 0.2) is 0 Å². The second-order valence-corrected chi connectivity index (χ2v) is 10.1. The van der Waals surface area contributed by atoms with Crippen LogP contribution in [0.3, 0.4) is 0 Å². The van der Waals surface area contributed by atoms with E-state index < -0.39 is 4.92 Å². The first-order chi connectivity index (χ1) is 18.4. The van der Waals surface area contributed by atoms with Gasteiger partial charge in [-0.15, -0.1) is 0 Å². The normalized spacial score (nSPS) is 19.9. The summed E-state index contributed by atoms with van der Waals surface area (Å²) in [4.78, 5) is 26.8. The lowest BCUT2D eigenvalue weighted by Crippen LogP contribution is -2.18. The van der Waals surface area contributed by atoms with Gasteiger partial charge < -0.3 is 15.0 Å². The van der Waals surface area contributed by atoms with Crippen LogP contribution >= 0.6 is 0 Å². The maximum atomic E-state index is 11.9. The van der Waals surface area contributed by atoms with Gasteiger partial charge >= 0.3 is 0 Å². The van der Waals surface area contributed by atoms with Crippen LogP contribution in [-0.2, 0) is 0 Å². The zero-order chi connectivity index (χ0) is 26.4. The third-order valence-electron chi connectivity index (χ3n) is 7.25. The van der Waals surface area contributed by atoms with Crippen LogP contribution in [0.5, 0.6) is 11.5 Å². The maximum absolute atomic E-state index is 11.9. The molecule has 2 fully saturated rings. The summed E-state index contributed by atoms with van der Waals surface area (Å²) >= 11 is 0. The van der Waals surface area contributed by atoms with Gasteiger partial charge in [0.05, 0.1) is 16.6 Å². The first-order valence-electron chi connectivity index (χ1n) is 12.5. The van der Waals surface area contributed by atoms with Crippen molar-refractivity contribution in [1.29, 1.82) is 0 Å². The molecule has 6 rings (SSSR count). The number of hydrogen-bond acceptors (Lipinski definition) is 8. The number of nitro benzene ring substituents is 1. The second kappa shape index (κ2) is 9.39. The Hall–Kier alpha value is -4.55. The van der Waals surface area contributed by atoms with Crippen LogP contribution in [0, 0.1) is 53.6 Å². The molecule has 2 aliphatic rings. The SMILES string of the molecule is Cc1ccc(Oc2ccc(Nc3ncnc4cc(C#CC5[C@H]6CN(C)C[C@@H]56)c([N+](=O)[O-])cc34)cc2C)cn1. The number of piperidine rings is 1. The van der Waals surface area contributed by atoms with E-state index in [9.17, 15) is 10.1 Å². The van der Waals surface area contributed by atoms with Gasteiger partial charge in [-0.25, -0.2) is 9.97 Å². The second-order valence-electron chi connectivity index (χ2n) is 10.1. The summed E-state index contributed by atoms with van der Waals surface area (Å²) in [5, 5.41) is 15.8. The number of nitro groups is 1. The van der Waals surface area contributed by atoms with Crippen molar-refractivity contribution in [3.8, 4) is 23.3 Å².